The third kappa shape index (κ3) is 2.71. The van der Waals surface area contributed by atoms with Gasteiger partial charge >= 0.3 is 5.97 Å². The Hall–Kier alpha value is -2.00. The van der Waals surface area contributed by atoms with Crippen molar-refractivity contribution < 1.29 is 14.6 Å². The van der Waals surface area contributed by atoms with E-state index < -0.39 is 5.97 Å². The molecule has 0 bridgehead atoms. The van der Waals surface area contributed by atoms with Crippen molar-refractivity contribution in [1.82, 2.24) is 0 Å². The average molecular weight is 277 g/mol. The van der Waals surface area contributed by atoms with Gasteiger partial charge in [0.05, 0.1) is 12.7 Å². The van der Waals surface area contributed by atoms with Crippen LogP contribution in [0.25, 0.3) is 11.1 Å². The number of hydrogen-bond acceptors (Lipinski definition) is 2. The molecule has 1 N–H and O–H groups in total. The molecule has 0 heterocycles. The zero-order valence-electron chi connectivity index (χ0n) is 10.6. The van der Waals surface area contributed by atoms with Gasteiger partial charge < -0.3 is 9.84 Å². The molecule has 0 atom stereocenters. The molecule has 0 aliphatic rings. The van der Waals surface area contributed by atoms with Crippen LogP contribution in [0.3, 0.4) is 0 Å². The lowest BCUT2D eigenvalue weighted by Gasteiger charge is -2.12. The first-order valence-electron chi connectivity index (χ1n) is 5.71. The fourth-order valence-corrected chi connectivity index (χ4v) is 2.13. The van der Waals surface area contributed by atoms with Crippen LogP contribution in [0.1, 0.15) is 15.9 Å². The number of rotatable bonds is 3. The van der Waals surface area contributed by atoms with Gasteiger partial charge in [-0.1, -0.05) is 29.3 Å². The fourth-order valence-electron chi connectivity index (χ4n) is 1.96. The second kappa shape index (κ2) is 5.33. The first kappa shape index (κ1) is 13.4. The molecule has 3 nitrogen and oxygen atoms in total. The van der Waals surface area contributed by atoms with Crippen LogP contribution in [0.4, 0.5) is 0 Å². The molecule has 0 aliphatic carbocycles. The molecule has 0 fully saturated rings. The fraction of sp³-hybridized carbons (Fsp3) is 0.133. The summed E-state index contributed by atoms with van der Waals surface area (Å²) < 4.78 is 5.29. The highest BCUT2D eigenvalue weighted by molar-refractivity contribution is 6.31. The molecule has 0 saturated carbocycles. The van der Waals surface area contributed by atoms with Gasteiger partial charge in [-0.25, -0.2) is 4.79 Å². The van der Waals surface area contributed by atoms with Gasteiger partial charge in [-0.05, 0) is 36.8 Å². The minimum atomic E-state index is -1.01. The van der Waals surface area contributed by atoms with Gasteiger partial charge in [0.15, 0.2) is 0 Å². The molecule has 98 valence electrons. The Labute approximate surface area is 116 Å². The van der Waals surface area contributed by atoms with E-state index in [9.17, 15) is 9.90 Å². The highest BCUT2D eigenvalue weighted by Crippen LogP contribution is 2.34. The Balaban J connectivity index is 2.71. The van der Waals surface area contributed by atoms with E-state index in [4.69, 9.17) is 16.3 Å². The number of halogens is 1. The average Bonchev–Trinajstić information content (AvgIpc) is 2.38. The van der Waals surface area contributed by atoms with E-state index in [2.05, 4.69) is 0 Å². The van der Waals surface area contributed by atoms with E-state index in [-0.39, 0.29) is 5.56 Å². The zero-order valence-corrected chi connectivity index (χ0v) is 11.4. The van der Waals surface area contributed by atoms with Crippen molar-refractivity contribution in [2.75, 3.05) is 7.11 Å². The third-order valence-corrected chi connectivity index (χ3v) is 3.09. The molecule has 0 amide bonds. The minimum absolute atomic E-state index is 0.163. The van der Waals surface area contributed by atoms with Gasteiger partial charge in [0.1, 0.15) is 5.75 Å². The van der Waals surface area contributed by atoms with Gasteiger partial charge in [-0.15, -0.1) is 0 Å². The summed E-state index contributed by atoms with van der Waals surface area (Å²) in [5.41, 5.74) is 2.53. The molecular formula is C15H13ClO3. The Bertz CT molecular complexity index is 635. The van der Waals surface area contributed by atoms with Crippen molar-refractivity contribution in [2.24, 2.45) is 0 Å². The maximum Gasteiger partial charge on any atom is 0.336 e. The van der Waals surface area contributed by atoms with Crippen LogP contribution in [0, 0.1) is 6.92 Å². The minimum Gasteiger partial charge on any atom is -0.496 e. The standard InChI is InChI=1S/C15H13ClO3/c1-9-3-6-14(19-2)12(7-9)11-5-4-10(16)8-13(11)15(17)18/h3-8H,1-2H3,(H,17,18). The molecule has 0 aromatic heterocycles. The van der Waals surface area contributed by atoms with E-state index in [0.717, 1.165) is 11.1 Å². The van der Waals surface area contributed by atoms with Crippen LogP contribution in [-0.4, -0.2) is 18.2 Å². The molecule has 0 spiro atoms. The number of aryl methyl sites for hydroxylation is 1. The lowest BCUT2D eigenvalue weighted by Crippen LogP contribution is -2.00. The lowest BCUT2D eigenvalue weighted by molar-refractivity contribution is 0.0697. The van der Waals surface area contributed by atoms with Gasteiger partial charge in [-0.3, -0.25) is 0 Å². The highest BCUT2D eigenvalue weighted by Gasteiger charge is 2.15. The predicted octanol–water partition coefficient (Wildman–Crippen LogP) is 4.02. The van der Waals surface area contributed by atoms with Crippen molar-refractivity contribution in [1.29, 1.82) is 0 Å². The van der Waals surface area contributed by atoms with Crippen LogP contribution in [-0.2, 0) is 0 Å². The Kier molecular flexibility index (Phi) is 3.76. The molecule has 2 aromatic carbocycles. The summed E-state index contributed by atoms with van der Waals surface area (Å²) in [6, 6.07) is 10.5. The number of benzene rings is 2. The molecule has 0 saturated heterocycles. The van der Waals surface area contributed by atoms with E-state index >= 15 is 0 Å². The normalized spacial score (nSPS) is 10.3. The van der Waals surface area contributed by atoms with E-state index in [1.54, 1.807) is 19.2 Å². The molecule has 2 aromatic rings. The number of ether oxygens (including phenoxy) is 1. The Morgan fingerprint density at radius 3 is 2.53 bits per heavy atom. The summed E-state index contributed by atoms with van der Waals surface area (Å²) in [5.74, 6) is -0.378. The van der Waals surface area contributed by atoms with E-state index in [0.29, 0.717) is 16.3 Å². The number of hydrogen-bond donors (Lipinski definition) is 1. The molecular weight excluding hydrogens is 264 g/mol. The van der Waals surface area contributed by atoms with Crippen LogP contribution in [0.15, 0.2) is 36.4 Å². The van der Waals surface area contributed by atoms with Crippen molar-refractivity contribution >= 4 is 17.6 Å². The number of carboxylic acids is 1. The lowest BCUT2D eigenvalue weighted by atomic mass is 9.97. The van der Waals surface area contributed by atoms with E-state index in [1.165, 1.54) is 6.07 Å². The molecule has 0 unspecified atom stereocenters. The van der Waals surface area contributed by atoms with Gasteiger partial charge in [-0.2, -0.15) is 0 Å². The van der Waals surface area contributed by atoms with Crippen molar-refractivity contribution in [2.45, 2.75) is 6.92 Å². The van der Waals surface area contributed by atoms with Gasteiger partial charge in [0.2, 0.25) is 0 Å². The monoisotopic (exact) mass is 276 g/mol. The summed E-state index contributed by atoms with van der Waals surface area (Å²) in [6.07, 6.45) is 0. The number of carboxylic acid groups (broad SMARTS) is 1. The molecule has 0 radical (unpaired) electrons. The smallest absolute Gasteiger partial charge is 0.336 e. The van der Waals surface area contributed by atoms with Crippen molar-refractivity contribution in [3.05, 3.63) is 52.5 Å². The van der Waals surface area contributed by atoms with Crippen molar-refractivity contribution in [3.63, 3.8) is 0 Å². The molecule has 4 heteroatoms. The summed E-state index contributed by atoms with van der Waals surface area (Å²) in [6.45, 7) is 1.94. The zero-order chi connectivity index (χ0) is 14.0. The quantitative estimate of drug-likeness (QED) is 0.921. The van der Waals surface area contributed by atoms with Crippen LogP contribution >= 0.6 is 11.6 Å². The van der Waals surface area contributed by atoms with E-state index in [1.807, 2.05) is 25.1 Å². The maximum absolute atomic E-state index is 11.3. The summed E-state index contributed by atoms with van der Waals surface area (Å²) in [5, 5.41) is 9.68. The SMILES string of the molecule is COc1ccc(C)cc1-c1ccc(Cl)cc1C(=O)O. The first-order chi connectivity index (χ1) is 9.02. The Morgan fingerprint density at radius 2 is 1.89 bits per heavy atom. The van der Waals surface area contributed by atoms with Crippen LogP contribution < -0.4 is 4.74 Å². The third-order valence-electron chi connectivity index (χ3n) is 2.86. The number of aromatic carboxylic acids is 1. The topological polar surface area (TPSA) is 46.5 Å². The molecule has 19 heavy (non-hydrogen) atoms. The summed E-state index contributed by atoms with van der Waals surface area (Å²) in [4.78, 5) is 11.3. The Morgan fingerprint density at radius 1 is 1.16 bits per heavy atom. The van der Waals surface area contributed by atoms with Gasteiger partial charge in [0.25, 0.3) is 0 Å². The van der Waals surface area contributed by atoms with Gasteiger partial charge in [0, 0.05) is 10.6 Å². The summed E-state index contributed by atoms with van der Waals surface area (Å²) >= 11 is 5.86. The molecule has 0 aliphatic heterocycles. The number of carbonyl (C=O) groups is 1. The first-order valence-corrected chi connectivity index (χ1v) is 6.08. The maximum atomic E-state index is 11.3. The number of methoxy groups -OCH3 is 1. The van der Waals surface area contributed by atoms with Crippen LogP contribution in [0.5, 0.6) is 5.75 Å². The van der Waals surface area contributed by atoms with Crippen LogP contribution in [0.2, 0.25) is 5.02 Å². The highest BCUT2D eigenvalue weighted by atomic mass is 35.5. The second-order valence-corrected chi connectivity index (χ2v) is 4.64. The molecule has 2 rings (SSSR count). The summed E-state index contributed by atoms with van der Waals surface area (Å²) in [7, 11) is 1.56. The largest absolute Gasteiger partial charge is 0.496 e. The second-order valence-electron chi connectivity index (χ2n) is 4.20. The predicted molar refractivity (Wildman–Crippen MR) is 75.1 cm³/mol. The van der Waals surface area contributed by atoms with Crippen molar-refractivity contribution in [3.8, 4) is 16.9 Å².